The van der Waals surface area contributed by atoms with Gasteiger partial charge in [-0.05, 0) is 0 Å². The van der Waals surface area contributed by atoms with Crippen LogP contribution in [0, 0.1) is 0 Å². The first kappa shape index (κ1) is 19.1. The van der Waals surface area contributed by atoms with Gasteiger partial charge in [0.1, 0.15) is 0 Å². The molecule has 0 bridgehead atoms. The van der Waals surface area contributed by atoms with Crippen LogP contribution in [0.3, 0.4) is 0 Å². The molecule has 0 atom stereocenters. The average Bonchev–Trinajstić information content (AvgIpc) is 2.43. The number of hydrogen-bond donors (Lipinski definition) is 0. The van der Waals surface area contributed by atoms with Gasteiger partial charge in [0.25, 0.3) is 0 Å². The van der Waals surface area contributed by atoms with Crippen LogP contribution < -0.4 is 22.6 Å². The molecule has 0 amide bonds. The number of hydrogen-bond acceptors (Lipinski definition) is 2. The van der Waals surface area contributed by atoms with E-state index in [0.29, 0.717) is 0 Å². The Bertz CT molecular complexity index is 134. The average molecular weight is 239 g/mol. The fourth-order valence-electron chi connectivity index (χ4n) is 0.447. The zero-order valence-electron chi connectivity index (χ0n) is 8.05. The first-order valence-corrected chi connectivity index (χ1v) is 4.74. The van der Waals surface area contributed by atoms with Crippen molar-refractivity contribution in [2.75, 3.05) is 13.2 Å². The molecule has 0 fully saturated rings. The van der Waals surface area contributed by atoms with Crippen molar-refractivity contribution in [3.05, 3.63) is 22.1 Å². The molecule has 1 aliphatic rings. The summed E-state index contributed by atoms with van der Waals surface area (Å²) in [6.07, 6.45) is 7.56. The molecular formula is C9H15ClO2Ti. The fourth-order valence-corrected chi connectivity index (χ4v) is 0.782. The summed E-state index contributed by atoms with van der Waals surface area (Å²) in [5.74, 6) is 0. The number of halogens is 1. The van der Waals surface area contributed by atoms with Crippen LogP contribution in [0.4, 0.5) is 0 Å². The Labute approximate surface area is 98.6 Å². The van der Waals surface area contributed by atoms with Crippen LogP contribution in [0.15, 0.2) is 22.1 Å². The van der Waals surface area contributed by atoms with Crippen LogP contribution in [0.25, 0.3) is 0 Å². The summed E-state index contributed by atoms with van der Waals surface area (Å²) < 4.78 is 1.47. The minimum absolute atomic E-state index is 0. The third-order valence-corrected chi connectivity index (χ3v) is 1.35. The van der Waals surface area contributed by atoms with Gasteiger partial charge in [-0.1, -0.05) is 13.8 Å². The molecule has 0 saturated carbocycles. The van der Waals surface area contributed by atoms with Gasteiger partial charge in [0.05, 0.1) is 0 Å². The second kappa shape index (κ2) is 18.2. The molecule has 2 nitrogen and oxygen atoms in total. The Morgan fingerprint density at radius 2 is 1.69 bits per heavy atom. The van der Waals surface area contributed by atoms with E-state index < -0.39 is 0 Å². The van der Waals surface area contributed by atoms with Gasteiger partial charge in [0, 0.05) is 0 Å². The van der Waals surface area contributed by atoms with Gasteiger partial charge in [-0.3, -0.25) is 0 Å². The monoisotopic (exact) mass is 238 g/mol. The third-order valence-electron chi connectivity index (χ3n) is 0.771. The minimum atomic E-state index is 0. The molecule has 1 rings (SSSR count). The Hall–Kier alpha value is 0.404. The molecular weight excluding hydrogens is 223 g/mol. The molecule has 0 heterocycles. The van der Waals surface area contributed by atoms with E-state index in [1.54, 1.807) is 13.8 Å². The van der Waals surface area contributed by atoms with E-state index in [9.17, 15) is 0 Å². The van der Waals surface area contributed by atoms with Crippen LogP contribution in [0.2, 0.25) is 0 Å². The van der Waals surface area contributed by atoms with E-state index >= 15 is 0 Å². The first-order valence-electron chi connectivity index (χ1n) is 3.96. The van der Waals surface area contributed by atoms with Crippen LogP contribution in [-0.4, -0.2) is 13.2 Å². The zero-order chi connectivity index (χ0) is 9.82. The summed E-state index contributed by atoms with van der Waals surface area (Å²) in [5.41, 5.74) is 0. The molecule has 0 N–H and O–H groups in total. The van der Waals surface area contributed by atoms with E-state index in [1.165, 1.54) is 10.3 Å². The Kier molecular flexibility index (Phi) is 26.7. The van der Waals surface area contributed by atoms with E-state index in [1.807, 2.05) is 0 Å². The Morgan fingerprint density at radius 3 is 1.77 bits per heavy atom. The fraction of sp³-hybridized carbons (Fsp3) is 0.556. The summed E-state index contributed by atoms with van der Waals surface area (Å²) in [6, 6.07) is 0. The van der Waals surface area contributed by atoms with Gasteiger partial charge < -0.3 is 22.6 Å². The van der Waals surface area contributed by atoms with Crippen molar-refractivity contribution >= 4 is 0 Å². The molecule has 74 valence electrons. The van der Waals surface area contributed by atoms with Gasteiger partial charge in [0.15, 0.2) is 0 Å². The maximum atomic E-state index is 8.93. The van der Waals surface area contributed by atoms with Crippen molar-refractivity contribution in [3.63, 3.8) is 0 Å². The number of rotatable bonds is 0. The Morgan fingerprint density at radius 1 is 1.31 bits per heavy atom. The molecule has 0 aliphatic heterocycles. The summed E-state index contributed by atoms with van der Waals surface area (Å²) in [6.45, 7) is 3.14. The maximum absolute atomic E-state index is 8.93. The topological polar surface area (TPSA) is 46.1 Å². The van der Waals surface area contributed by atoms with Crippen LogP contribution in [0.1, 0.15) is 20.3 Å². The van der Waals surface area contributed by atoms with Gasteiger partial charge in [-0.15, -0.1) is 13.2 Å². The van der Waals surface area contributed by atoms with Crippen molar-refractivity contribution in [1.29, 1.82) is 0 Å². The zero-order valence-corrected chi connectivity index (χ0v) is 10.4. The predicted molar refractivity (Wildman–Crippen MR) is 42.9 cm³/mol. The van der Waals surface area contributed by atoms with Crippen molar-refractivity contribution in [2.45, 2.75) is 20.3 Å². The molecule has 0 saturated heterocycles. The molecule has 4 heteroatoms. The van der Waals surface area contributed by atoms with E-state index in [-0.39, 0.29) is 25.6 Å². The molecule has 0 aromatic heterocycles. The molecule has 0 aromatic rings. The predicted octanol–water partition coefficient (Wildman–Crippen LogP) is -2.89. The van der Waals surface area contributed by atoms with Gasteiger partial charge >= 0.3 is 49.0 Å². The standard InChI is InChI=1S/C5H5.2C2H5O.ClH.Ti/c1-2-4-5-3-1;2*1-2-3;;/h1-3H,4H2;2*2H2,1H3;1H;/q;2*-1;;+3/p-1. The molecule has 0 spiro atoms. The van der Waals surface area contributed by atoms with Crippen molar-refractivity contribution in [1.82, 2.24) is 0 Å². The molecule has 1 aliphatic carbocycles. The third kappa shape index (κ3) is 24.5. The van der Waals surface area contributed by atoms with Gasteiger partial charge in [-0.2, -0.15) is 0 Å². The van der Waals surface area contributed by atoms with Crippen LogP contribution >= 0.6 is 0 Å². The normalized spacial score (nSPS) is 11.4. The number of allylic oxidation sites excluding steroid dienone is 4. The molecule has 13 heavy (non-hydrogen) atoms. The van der Waals surface area contributed by atoms with Gasteiger partial charge in [-0.25, -0.2) is 0 Å². The molecule has 0 aromatic carbocycles. The van der Waals surface area contributed by atoms with Crippen molar-refractivity contribution in [3.8, 4) is 0 Å². The summed E-state index contributed by atoms with van der Waals surface area (Å²) >= 11 is 2.14. The van der Waals surface area contributed by atoms with E-state index in [4.69, 9.17) is 10.2 Å². The first-order chi connectivity index (χ1) is 5.72. The quantitative estimate of drug-likeness (QED) is 0.426. The van der Waals surface area contributed by atoms with E-state index in [2.05, 4.69) is 38.7 Å². The Balaban J connectivity index is -0.000000126. The van der Waals surface area contributed by atoms with E-state index in [0.717, 1.165) is 0 Å². The van der Waals surface area contributed by atoms with Crippen LogP contribution in [-0.2, 0) is 20.4 Å². The van der Waals surface area contributed by atoms with Crippen LogP contribution in [0.5, 0.6) is 0 Å². The van der Waals surface area contributed by atoms with Crippen molar-refractivity contribution in [2.24, 2.45) is 0 Å². The molecule has 0 radical (unpaired) electrons. The molecule has 0 unspecified atom stereocenters. The summed E-state index contributed by atoms with van der Waals surface area (Å²) in [4.78, 5) is 0. The second-order valence-corrected chi connectivity index (χ2v) is 2.90. The van der Waals surface area contributed by atoms with Crippen molar-refractivity contribution < 1.29 is 43.1 Å². The summed E-state index contributed by atoms with van der Waals surface area (Å²) in [5, 5.41) is 17.9. The second-order valence-electron chi connectivity index (χ2n) is 1.90. The SMILES string of the molecule is CC[O-].CC[O-].[Cl-].[Ti+3][C]1=CC=CC1. The summed E-state index contributed by atoms with van der Waals surface area (Å²) in [7, 11) is 0. The van der Waals surface area contributed by atoms with Gasteiger partial charge in [0.2, 0.25) is 0 Å².